The molecule has 0 aromatic carbocycles. The molecule has 0 bridgehead atoms. The fraction of sp³-hybridized carbons (Fsp3) is 0.556. The minimum Gasteiger partial charge on any atom is -0.380 e. The monoisotopic (exact) mass is 211 g/mol. The largest absolute Gasteiger partial charge is 0.380 e. The summed E-state index contributed by atoms with van der Waals surface area (Å²) >= 11 is 0. The second-order valence-electron chi connectivity index (χ2n) is 3.17. The van der Waals surface area contributed by atoms with Crippen LogP contribution in [0.3, 0.4) is 0 Å². The van der Waals surface area contributed by atoms with E-state index in [4.69, 9.17) is 10.5 Å². The number of aromatic nitrogens is 2. The lowest BCUT2D eigenvalue weighted by atomic mass is 10.4. The summed E-state index contributed by atoms with van der Waals surface area (Å²) in [4.78, 5) is 8.03. The molecule has 0 aliphatic heterocycles. The zero-order valence-corrected chi connectivity index (χ0v) is 9.24. The maximum Gasteiger partial charge on any atom is 0.223 e. The van der Waals surface area contributed by atoms with E-state index in [-0.39, 0.29) is 12.1 Å². The zero-order chi connectivity index (χ0) is 11.3. The molecular formula is C9H17N5O. The van der Waals surface area contributed by atoms with Gasteiger partial charge in [0.25, 0.3) is 0 Å². The van der Waals surface area contributed by atoms with Crippen LogP contribution < -0.4 is 16.4 Å². The van der Waals surface area contributed by atoms with Gasteiger partial charge in [0.05, 0.1) is 6.10 Å². The fourth-order valence-electron chi connectivity index (χ4n) is 1.02. The Morgan fingerprint density at radius 2 is 2.13 bits per heavy atom. The summed E-state index contributed by atoms with van der Waals surface area (Å²) in [5.41, 5.74) is 5.54. The highest BCUT2D eigenvalue weighted by Gasteiger charge is 2.03. The number of nitrogens with zero attached hydrogens (tertiary/aromatic N) is 2. The lowest BCUT2D eigenvalue weighted by Gasteiger charge is -2.12. The Morgan fingerprint density at radius 3 is 2.73 bits per heavy atom. The van der Waals surface area contributed by atoms with Crippen molar-refractivity contribution in [3.63, 3.8) is 0 Å². The molecule has 15 heavy (non-hydrogen) atoms. The average Bonchev–Trinajstić information content (AvgIpc) is 2.25. The van der Waals surface area contributed by atoms with Crippen LogP contribution in [0.1, 0.15) is 6.92 Å². The predicted octanol–water partition coefficient (Wildman–Crippen LogP) is 0.547. The lowest BCUT2D eigenvalue weighted by Crippen LogP contribution is -2.19. The summed E-state index contributed by atoms with van der Waals surface area (Å²) in [5, 5.41) is 6.02. The molecule has 1 rings (SSSR count). The summed E-state index contributed by atoms with van der Waals surface area (Å²) in [5.74, 6) is 1.63. The molecule has 1 unspecified atom stereocenters. The molecule has 1 heterocycles. The van der Waals surface area contributed by atoms with E-state index < -0.39 is 0 Å². The molecule has 0 spiro atoms. The van der Waals surface area contributed by atoms with Gasteiger partial charge < -0.3 is 21.1 Å². The summed E-state index contributed by atoms with van der Waals surface area (Å²) in [6.07, 6.45) is 0.124. The molecule has 0 aliphatic carbocycles. The van der Waals surface area contributed by atoms with E-state index in [0.29, 0.717) is 18.2 Å². The highest BCUT2D eigenvalue weighted by atomic mass is 16.5. The average molecular weight is 211 g/mol. The van der Waals surface area contributed by atoms with Crippen molar-refractivity contribution >= 4 is 17.6 Å². The van der Waals surface area contributed by atoms with Crippen LogP contribution in [0.4, 0.5) is 17.6 Å². The minimum absolute atomic E-state index is 0.124. The van der Waals surface area contributed by atoms with Gasteiger partial charge in [0.15, 0.2) is 0 Å². The van der Waals surface area contributed by atoms with Crippen LogP contribution in [-0.2, 0) is 4.74 Å². The molecule has 1 aromatic heterocycles. The third kappa shape index (κ3) is 3.59. The quantitative estimate of drug-likeness (QED) is 0.659. The second kappa shape index (κ2) is 5.35. The first-order valence-electron chi connectivity index (χ1n) is 4.74. The Morgan fingerprint density at radius 1 is 1.47 bits per heavy atom. The van der Waals surface area contributed by atoms with Gasteiger partial charge in [-0.05, 0) is 6.92 Å². The number of nitrogens with one attached hydrogen (secondary N) is 2. The second-order valence-corrected chi connectivity index (χ2v) is 3.17. The van der Waals surface area contributed by atoms with Crippen molar-refractivity contribution in [3.8, 4) is 0 Å². The fourth-order valence-corrected chi connectivity index (χ4v) is 1.02. The Bertz CT molecular complexity index is 317. The van der Waals surface area contributed by atoms with E-state index in [0.717, 1.165) is 0 Å². The number of hydrogen-bond donors (Lipinski definition) is 3. The van der Waals surface area contributed by atoms with Crippen molar-refractivity contribution in [2.45, 2.75) is 13.0 Å². The van der Waals surface area contributed by atoms with Crippen LogP contribution >= 0.6 is 0 Å². The molecule has 1 atom stereocenters. The molecule has 0 saturated carbocycles. The highest BCUT2D eigenvalue weighted by Crippen LogP contribution is 2.11. The third-order valence-electron chi connectivity index (χ3n) is 1.97. The van der Waals surface area contributed by atoms with Gasteiger partial charge in [-0.1, -0.05) is 0 Å². The Balaban J connectivity index is 2.64. The molecule has 6 nitrogen and oxygen atoms in total. The van der Waals surface area contributed by atoms with E-state index in [1.165, 1.54) is 0 Å². The minimum atomic E-state index is 0.124. The smallest absolute Gasteiger partial charge is 0.223 e. The third-order valence-corrected chi connectivity index (χ3v) is 1.97. The van der Waals surface area contributed by atoms with Gasteiger partial charge in [-0.15, -0.1) is 0 Å². The highest BCUT2D eigenvalue weighted by molar-refractivity contribution is 5.50. The van der Waals surface area contributed by atoms with Crippen LogP contribution in [0.2, 0.25) is 0 Å². The first kappa shape index (κ1) is 11.5. The van der Waals surface area contributed by atoms with E-state index in [1.54, 1.807) is 20.2 Å². The molecule has 1 aromatic rings. The van der Waals surface area contributed by atoms with Gasteiger partial charge in [-0.25, -0.2) is 0 Å². The number of ether oxygens (including phenoxy) is 1. The Kier molecular flexibility index (Phi) is 4.11. The van der Waals surface area contributed by atoms with Gasteiger partial charge in [0.1, 0.15) is 11.6 Å². The van der Waals surface area contributed by atoms with Gasteiger partial charge in [-0.3, -0.25) is 0 Å². The van der Waals surface area contributed by atoms with Crippen LogP contribution in [0.5, 0.6) is 0 Å². The van der Waals surface area contributed by atoms with Crippen molar-refractivity contribution in [3.05, 3.63) is 6.07 Å². The van der Waals surface area contributed by atoms with Crippen LogP contribution in [-0.4, -0.2) is 36.8 Å². The number of nitrogen functional groups attached to an aromatic ring is 1. The summed E-state index contributed by atoms with van der Waals surface area (Å²) in [7, 11) is 3.45. The topological polar surface area (TPSA) is 85.1 Å². The summed E-state index contributed by atoms with van der Waals surface area (Å²) < 4.78 is 5.11. The van der Waals surface area contributed by atoms with Gasteiger partial charge in [0, 0.05) is 26.8 Å². The summed E-state index contributed by atoms with van der Waals surface area (Å²) in [6.45, 7) is 2.65. The van der Waals surface area contributed by atoms with Crippen molar-refractivity contribution in [2.75, 3.05) is 37.1 Å². The molecule has 0 radical (unpaired) electrons. The van der Waals surface area contributed by atoms with Crippen LogP contribution in [0, 0.1) is 0 Å². The molecule has 84 valence electrons. The molecule has 4 N–H and O–H groups in total. The molecule has 0 saturated heterocycles. The van der Waals surface area contributed by atoms with Crippen molar-refractivity contribution in [1.82, 2.24) is 9.97 Å². The number of anilines is 3. The van der Waals surface area contributed by atoms with E-state index in [9.17, 15) is 0 Å². The van der Waals surface area contributed by atoms with Gasteiger partial charge >= 0.3 is 0 Å². The van der Waals surface area contributed by atoms with E-state index in [2.05, 4.69) is 20.6 Å². The maximum absolute atomic E-state index is 5.54. The van der Waals surface area contributed by atoms with Gasteiger partial charge in [-0.2, -0.15) is 9.97 Å². The number of rotatable bonds is 5. The summed E-state index contributed by atoms with van der Waals surface area (Å²) in [6, 6.07) is 1.79. The van der Waals surface area contributed by atoms with E-state index >= 15 is 0 Å². The molecular weight excluding hydrogens is 194 g/mol. The number of nitrogens with two attached hydrogens (primary N) is 1. The first-order valence-corrected chi connectivity index (χ1v) is 4.74. The van der Waals surface area contributed by atoms with E-state index in [1.807, 2.05) is 6.92 Å². The molecule has 0 amide bonds. The van der Waals surface area contributed by atoms with Crippen molar-refractivity contribution < 1.29 is 4.74 Å². The zero-order valence-electron chi connectivity index (χ0n) is 9.24. The van der Waals surface area contributed by atoms with Crippen molar-refractivity contribution in [1.29, 1.82) is 0 Å². The lowest BCUT2D eigenvalue weighted by molar-refractivity contribution is 0.128. The van der Waals surface area contributed by atoms with Crippen LogP contribution in [0.15, 0.2) is 6.07 Å². The SMILES string of the molecule is CNc1cc(NCC(C)OC)nc(N)n1. The Hall–Kier alpha value is -1.56. The number of hydrogen-bond acceptors (Lipinski definition) is 6. The number of methoxy groups -OCH3 is 1. The molecule has 6 heteroatoms. The van der Waals surface area contributed by atoms with Crippen LogP contribution in [0.25, 0.3) is 0 Å². The standard InChI is InChI=1S/C9H17N5O/c1-6(15-3)5-12-8-4-7(11-2)13-9(10)14-8/h4,6H,5H2,1-3H3,(H4,10,11,12,13,14). The molecule has 0 aliphatic rings. The van der Waals surface area contributed by atoms with Gasteiger partial charge in [0.2, 0.25) is 5.95 Å². The first-order chi connectivity index (χ1) is 7.15. The maximum atomic E-state index is 5.54. The molecule has 0 fully saturated rings. The predicted molar refractivity (Wildman–Crippen MR) is 61.0 cm³/mol. The Labute approximate surface area is 89.2 Å². The van der Waals surface area contributed by atoms with Crippen molar-refractivity contribution in [2.24, 2.45) is 0 Å². The normalized spacial score (nSPS) is 12.2.